The number of fused-ring (bicyclic) bond motifs is 1. The minimum absolute atomic E-state index is 0.733. The largest absolute Gasteiger partial charge is 0.493 e. The minimum atomic E-state index is 0.733. The number of furan rings is 1. The van der Waals surface area contributed by atoms with Crippen molar-refractivity contribution < 1.29 is 9.15 Å². The molecule has 0 amide bonds. The SMILES string of the molecule is COc1cc(CNCCc2ccccn2)cc2cc(-c3ccccn3)oc12. The molecule has 0 atom stereocenters. The molecule has 4 rings (SSSR count). The van der Waals surface area contributed by atoms with E-state index in [1.54, 1.807) is 13.3 Å². The Morgan fingerprint density at radius 2 is 1.85 bits per heavy atom. The zero-order chi connectivity index (χ0) is 18.5. The molecule has 1 N–H and O–H groups in total. The monoisotopic (exact) mass is 359 g/mol. The van der Waals surface area contributed by atoms with Crippen molar-refractivity contribution in [3.8, 4) is 17.2 Å². The summed E-state index contributed by atoms with van der Waals surface area (Å²) in [6.45, 7) is 1.62. The van der Waals surface area contributed by atoms with Crippen molar-refractivity contribution in [3.05, 3.63) is 78.2 Å². The van der Waals surface area contributed by atoms with Gasteiger partial charge < -0.3 is 14.5 Å². The Hall–Kier alpha value is -3.18. The predicted octanol–water partition coefficient (Wildman–Crippen LogP) is 4.23. The maximum absolute atomic E-state index is 6.00. The lowest BCUT2D eigenvalue weighted by molar-refractivity contribution is 0.410. The third-order valence-corrected chi connectivity index (χ3v) is 4.39. The normalized spacial score (nSPS) is 11.0. The highest BCUT2D eigenvalue weighted by Crippen LogP contribution is 2.33. The van der Waals surface area contributed by atoms with Crippen molar-refractivity contribution in [3.63, 3.8) is 0 Å². The topological polar surface area (TPSA) is 60.2 Å². The zero-order valence-corrected chi connectivity index (χ0v) is 15.2. The molecule has 5 heteroatoms. The number of nitrogens with zero attached hydrogens (tertiary/aromatic N) is 2. The fourth-order valence-corrected chi connectivity index (χ4v) is 3.06. The van der Waals surface area contributed by atoms with Crippen molar-refractivity contribution in [2.45, 2.75) is 13.0 Å². The molecule has 3 heterocycles. The van der Waals surface area contributed by atoms with E-state index in [4.69, 9.17) is 9.15 Å². The van der Waals surface area contributed by atoms with Gasteiger partial charge in [-0.2, -0.15) is 0 Å². The highest BCUT2D eigenvalue weighted by Gasteiger charge is 2.13. The van der Waals surface area contributed by atoms with Gasteiger partial charge in [0.05, 0.1) is 7.11 Å². The minimum Gasteiger partial charge on any atom is -0.493 e. The number of hydrogen-bond donors (Lipinski definition) is 1. The summed E-state index contributed by atoms with van der Waals surface area (Å²) in [5, 5.41) is 4.48. The first-order valence-electron chi connectivity index (χ1n) is 8.96. The lowest BCUT2D eigenvalue weighted by Crippen LogP contribution is -2.17. The van der Waals surface area contributed by atoms with Crippen molar-refractivity contribution in [2.24, 2.45) is 0 Å². The molecule has 0 aliphatic rings. The first-order valence-corrected chi connectivity index (χ1v) is 8.96. The van der Waals surface area contributed by atoms with Gasteiger partial charge in [-0.3, -0.25) is 9.97 Å². The number of methoxy groups -OCH3 is 1. The Kier molecular flexibility index (Phi) is 5.12. The summed E-state index contributed by atoms with van der Waals surface area (Å²) >= 11 is 0. The fourth-order valence-electron chi connectivity index (χ4n) is 3.06. The standard InChI is InChI=1S/C22H21N3O2/c1-26-21-13-16(15-23-11-8-18-6-2-4-9-24-18)12-17-14-20(27-22(17)21)19-7-3-5-10-25-19/h2-7,9-10,12-14,23H,8,11,15H2,1H3. The molecular weight excluding hydrogens is 338 g/mol. The van der Waals surface area contributed by atoms with Gasteiger partial charge in [-0.05, 0) is 48.0 Å². The van der Waals surface area contributed by atoms with E-state index in [1.807, 2.05) is 54.7 Å². The van der Waals surface area contributed by atoms with Crippen LogP contribution in [0, 0.1) is 0 Å². The number of nitrogens with one attached hydrogen (secondary N) is 1. The molecule has 4 aromatic rings. The number of aromatic nitrogens is 2. The quantitative estimate of drug-likeness (QED) is 0.500. The maximum atomic E-state index is 6.00. The molecule has 3 aromatic heterocycles. The van der Waals surface area contributed by atoms with E-state index in [9.17, 15) is 0 Å². The smallest absolute Gasteiger partial charge is 0.176 e. The summed E-state index contributed by atoms with van der Waals surface area (Å²) in [6.07, 6.45) is 4.48. The van der Waals surface area contributed by atoms with E-state index in [0.717, 1.165) is 58.9 Å². The summed E-state index contributed by atoms with van der Waals surface area (Å²) in [7, 11) is 1.66. The molecule has 0 unspecified atom stereocenters. The summed E-state index contributed by atoms with van der Waals surface area (Å²) in [4.78, 5) is 8.70. The van der Waals surface area contributed by atoms with Gasteiger partial charge in [0.25, 0.3) is 0 Å². The maximum Gasteiger partial charge on any atom is 0.176 e. The van der Waals surface area contributed by atoms with Crippen molar-refractivity contribution in [1.29, 1.82) is 0 Å². The number of rotatable bonds is 7. The second-order valence-corrected chi connectivity index (χ2v) is 6.29. The zero-order valence-electron chi connectivity index (χ0n) is 15.2. The molecule has 0 aliphatic carbocycles. The van der Waals surface area contributed by atoms with Crippen LogP contribution >= 0.6 is 0 Å². The second-order valence-electron chi connectivity index (χ2n) is 6.29. The molecule has 0 radical (unpaired) electrons. The molecule has 0 aliphatic heterocycles. The second kappa shape index (κ2) is 8.01. The van der Waals surface area contributed by atoms with Gasteiger partial charge in [0.15, 0.2) is 17.1 Å². The number of benzene rings is 1. The molecule has 0 saturated heterocycles. The van der Waals surface area contributed by atoms with E-state index < -0.39 is 0 Å². The molecule has 0 saturated carbocycles. The van der Waals surface area contributed by atoms with Crippen LogP contribution in [0.25, 0.3) is 22.4 Å². The van der Waals surface area contributed by atoms with Crippen LogP contribution < -0.4 is 10.1 Å². The fraction of sp³-hybridized carbons (Fsp3) is 0.182. The number of hydrogen-bond acceptors (Lipinski definition) is 5. The van der Waals surface area contributed by atoms with Crippen LogP contribution in [0.15, 0.2) is 71.4 Å². The highest BCUT2D eigenvalue weighted by atomic mass is 16.5. The Labute approximate surface area is 158 Å². The van der Waals surface area contributed by atoms with Crippen LogP contribution in [-0.2, 0) is 13.0 Å². The first kappa shape index (κ1) is 17.2. The van der Waals surface area contributed by atoms with Gasteiger partial charge in [-0.15, -0.1) is 0 Å². The highest BCUT2D eigenvalue weighted by molar-refractivity contribution is 5.87. The van der Waals surface area contributed by atoms with Gasteiger partial charge in [-0.25, -0.2) is 0 Å². The van der Waals surface area contributed by atoms with Crippen molar-refractivity contribution >= 4 is 11.0 Å². The van der Waals surface area contributed by atoms with Crippen molar-refractivity contribution in [1.82, 2.24) is 15.3 Å². The Morgan fingerprint density at radius 1 is 1.00 bits per heavy atom. The van der Waals surface area contributed by atoms with Gasteiger partial charge in [0.1, 0.15) is 5.69 Å². The van der Waals surface area contributed by atoms with Gasteiger partial charge in [-0.1, -0.05) is 12.1 Å². The van der Waals surface area contributed by atoms with Crippen LogP contribution in [0.3, 0.4) is 0 Å². The number of pyridine rings is 2. The molecule has 136 valence electrons. The molecule has 0 fully saturated rings. The summed E-state index contributed by atoms with van der Waals surface area (Å²) in [5.74, 6) is 1.47. The van der Waals surface area contributed by atoms with Gasteiger partial charge >= 0.3 is 0 Å². The third kappa shape index (κ3) is 3.99. The average molecular weight is 359 g/mol. The van der Waals surface area contributed by atoms with Crippen LogP contribution in [0.1, 0.15) is 11.3 Å². The van der Waals surface area contributed by atoms with Gasteiger partial charge in [0.2, 0.25) is 0 Å². The molecule has 0 spiro atoms. The summed E-state index contributed by atoms with van der Waals surface area (Å²) in [6, 6.07) is 17.9. The summed E-state index contributed by atoms with van der Waals surface area (Å²) in [5.41, 5.74) is 3.79. The Bertz CT molecular complexity index is 1010. The van der Waals surface area contributed by atoms with Crippen LogP contribution in [0.2, 0.25) is 0 Å². The molecule has 1 aromatic carbocycles. The third-order valence-electron chi connectivity index (χ3n) is 4.39. The average Bonchev–Trinajstić information content (AvgIpc) is 3.16. The van der Waals surface area contributed by atoms with E-state index in [0.29, 0.717) is 0 Å². The lowest BCUT2D eigenvalue weighted by atomic mass is 10.1. The van der Waals surface area contributed by atoms with E-state index >= 15 is 0 Å². The van der Waals surface area contributed by atoms with E-state index in [1.165, 1.54) is 0 Å². The van der Waals surface area contributed by atoms with Crippen LogP contribution in [-0.4, -0.2) is 23.6 Å². The van der Waals surface area contributed by atoms with Crippen molar-refractivity contribution in [2.75, 3.05) is 13.7 Å². The van der Waals surface area contributed by atoms with Crippen LogP contribution in [0.5, 0.6) is 5.75 Å². The molecule has 27 heavy (non-hydrogen) atoms. The molecule has 0 bridgehead atoms. The van der Waals surface area contributed by atoms with Gasteiger partial charge in [0, 0.05) is 43.0 Å². The van der Waals surface area contributed by atoms with E-state index in [-0.39, 0.29) is 0 Å². The Morgan fingerprint density at radius 3 is 2.59 bits per heavy atom. The molecular formula is C22H21N3O2. The number of ether oxygens (including phenoxy) is 1. The first-order chi connectivity index (χ1) is 13.3. The summed E-state index contributed by atoms with van der Waals surface area (Å²) < 4.78 is 11.5. The van der Waals surface area contributed by atoms with Crippen LogP contribution in [0.4, 0.5) is 0 Å². The van der Waals surface area contributed by atoms with E-state index in [2.05, 4.69) is 21.4 Å². The Balaban J connectivity index is 1.50. The predicted molar refractivity (Wildman–Crippen MR) is 106 cm³/mol. The molecule has 5 nitrogen and oxygen atoms in total. The lowest BCUT2D eigenvalue weighted by Gasteiger charge is -2.07.